The summed E-state index contributed by atoms with van der Waals surface area (Å²) in [5, 5.41) is -0.0836. The lowest BCUT2D eigenvalue weighted by molar-refractivity contribution is 0.304. The number of hydrogen-bond acceptors (Lipinski definition) is 2. The average Bonchev–Trinajstić information content (AvgIpc) is 2.23. The molecule has 3 unspecified atom stereocenters. The second-order valence-electron chi connectivity index (χ2n) is 6.90. The van der Waals surface area contributed by atoms with Gasteiger partial charge < -0.3 is 0 Å². The molecule has 1 rings (SSSR count). The molecule has 0 spiro atoms. The van der Waals surface area contributed by atoms with Crippen molar-refractivity contribution < 1.29 is 8.42 Å². The van der Waals surface area contributed by atoms with E-state index >= 15 is 0 Å². The Morgan fingerprint density at radius 1 is 1.28 bits per heavy atom. The zero-order valence-corrected chi connectivity index (χ0v) is 14.5. The molecule has 3 atom stereocenters. The Hall–Kier alpha value is 0.430. The Bertz CT molecular complexity index is 356. The van der Waals surface area contributed by atoms with Crippen LogP contribution in [0.5, 0.6) is 0 Å². The molecule has 0 aliphatic heterocycles. The molecule has 0 saturated heterocycles. The summed E-state index contributed by atoms with van der Waals surface area (Å²) >= 11 is 3.76. The van der Waals surface area contributed by atoms with Crippen LogP contribution >= 0.6 is 15.9 Å². The first-order valence-corrected chi connectivity index (χ1v) is 9.80. The maximum absolute atomic E-state index is 11.6. The van der Waals surface area contributed by atoms with Crippen LogP contribution < -0.4 is 0 Å². The topological polar surface area (TPSA) is 34.1 Å². The van der Waals surface area contributed by atoms with E-state index in [2.05, 4.69) is 36.7 Å². The fourth-order valence-electron chi connectivity index (χ4n) is 2.71. The Morgan fingerprint density at radius 2 is 1.89 bits per heavy atom. The molecule has 0 heterocycles. The van der Waals surface area contributed by atoms with Gasteiger partial charge >= 0.3 is 0 Å². The second-order valence-corrected chi connectivity index (χ2v) is 10.3. The van der Waals surface area contributed by atoms with Crippen LogP contribution in [-0.2, 0) is 9.84 Å². The van der Waals surface area contributed by atoms with E-state index in [0.29, 0.717) is 10.7 Å². The van der Waals surface area contributed by atoms with Crippen molar-refractivity contribution >= 4 is 25.8 Å². The van der Waals surface area contributed by atoms with Gasteiger partial charge in [0.05, 0.1) is 5.25 Å². The van der Waals surface area contributed by atoms with Gasteiger partial charge in [0.1, 0.15) is 9.84 Å². The van der Waals surface area contributed by atoms with Crippen LogP contribution in [-0.4, -0.2) is 24.8 Å². The van der Waals surface area contributed by atoms with E-state index in [1.165, 1.54) is 12.7 Å². The molecule has 0 N–H and O–H groups in total. The lowest BCUT2D eigenvalue weighted by Gasteiger charge is -2.31. The molecular formula is C14H27BrO2S. The van der Waals surface area contributed by atoms with Crippen molar-refractivity contribution in [3.8, 4) is 0 Å². The van der Waals surface area contributed by atoms with E-state index in [0.717, 1.165) is 32.1 Å². The first-order chi connectivity index (χ1) is 8.10. The van der Waals surface area contributed by atoms with Crippen molar-refractivity contribution in [1.29, 1.82) is 0 Å². The van der Waals surface area contributed by atoms with E-state index < -0.39 is 9.84 Å². The Labute approximate surface area is 121 Å². The van der Waals surface area contributed by atoms with Crippen molar-refractivity contribution in [3.63, 3.8) is 0 Å². The van der Waals surface area contributed by atoms with Crippen LogP contribution in [0.3, 0.4) is 0 Å². The Kier molecular flexibility index (Phi) is 5.73. The normalized spacial score (nSPS) is 28.1. The highest BCUT2D eigenvalue weighted by Gasteiger charge is 2.30. The molecule has 1 saturated carbocycles. The molecule has 0 aromatic heterocycles. The maximum Gasteiger partial charge on any atom is 0.150 e. The quantitative estimate of drug-likeness (QED) is 0.720. The molecular weight excluding hydrogens is 312 g/mol. The van der Waals surface area contributed by atoms with Crippen molar-refractivity contribution in [2.24, 2.45) is 11.3 Å². The summed E-state index contributed by atoms with van der Waals surface area (Å²) in [7, 11) is -2.84. The largest absolute Gasteiger partial charge is 0.229 e. The highest BCUT2D eigenvalue weighted by molar-refractivity contribution is 9.09. The van der Waals surface area contributed by atoms with Crippen molar-refractivity contribution in [2.45, 2.75) is 69.4 Å². The van der Waals surface area contributed by atoms with Crippen LogP contribution in [0.2, 0.25) is 0 Å². The van der Waals surface area contributed by atoms with Crippen molar-refractivity contribution in [2.75, 3.05) is 6.26 Å². The summed E-state index contributed by atoms with van der Waals surface area (Å²) in [6.45, 7) is 6.73. The molecule has 0 amide bonds. The van der Waals surface area contributed by atoms with Crippen LogP contribution in [0.1, 0.15) is 59.3 Å². The Morgan fingerprint density at radius 3 is 2.39 bits per heavy atom. The molecule has 2 nitrogen and oxygen atoms in total. The predicted molar refractivity (Wildman–Crippen MR) is 82.0 cm³/mol. The van der Waals surface area contributed by atoms with Crippen LogP contribution in [0.4, 0.5) is 0 Å². The summed E-state index contributed by atoms with van der Waals surface area (Å²) in [5.74, 6) is 0.598. The first kappa shape index (κ1) is 16.5. The highest BCUT2D eigenvalue weighted by Crippen LogP contribution is 2.35. The lowest BCUT2D eigenvalue weighted by Crippen LogP contribution is -2.28. The molecule has 1 aliphatic carbocycles. The highest BCUT2D eigenvalue weighted by atomic mass is 79.9. The van der Waals surface area contributed by atoms with Crippen molar-refractivity contribution in [3.05, 3.63) is 0 Å². The predicted octanol–water partition coefficient (Wildman–Crippen LogP) is 4.18. The van der Waals surface area contributed by atoms with Gasteiger partial charge in [-0.05, 0) is 37.0 Å². The van der Waals surface area contributed by atoms with Gasteiger partial charge in [-0.3, -0.25) is 0 Å². The van der Waals surface area contributed by atoms with E-state index in [-0.39, 0.29) is 10.7 Å². The van der Waals surface area contributed by atoms with E-state index in [1.807, 2.05) is 0 Å². The first-order valence-electron chi connectivity index (χ1n) is 6.93. The Balaban J connectivity index is 2.44. The third kappa shape index (κ3) is 5.20. The van der Waals surface area contributed by atoms with Gasteiger partial charge in [-0.1, -0.05) is 49.5 Å². The second kappa shape index (κ2) is 6.25. The fraction of sp³-hybridized carbons (Fsp3) is 1.00. The lowest BCUT2D eigenvalue weighted by atomic mass is 9.82. The summed E-state index contributed by atoms with van der Waals surface area (Å²) < 4.78 is 23.2. The molecule has 0 aromatic rings. The third-order valence-electron chi connectivity index (χ3n) is 4.11. The monoisotopic (exact) mass is 338 g/mol. The minimum absolute atomic E-state index is 0.0836. The molecule has 1 fully saturated rings. The van der Waals surface area contributed by atoms with Crippen LogP contribution in [0, 0.1) is 11.3 Å². The summed E-state index contributed by atoms with van der Waals surface area (Å²) in [5.41, 5.74) is 0.283. The third-order valence-corrected chi connectivity index (χ3v) is 7.58. The number of halogens is 1. The van der Waals surface area contributed by atoms with E-state index in [4.69, 9.17) is 0 Å². The van der Waals surface area contributed by atoms with Gasteiger partial charge in [-0.2, -0.15) is 0 Å². The van der Waals surface area contributed by atoms with Gasteiger partial charge in [-0.15, -0.1) is 0 Å². The summed E-state index contributed by atoms with van der Waals surface area (Å²) in [4.78, 5) is 0.517. The molecule has 108 valence electrons. The molecule has 4 heteroatoms. The average molecular weight is 339 g/mol. The van der Waals surface area contributed by atoms with Gasteiger partial charge in [0, 0.05) is 11.1 Å². The standard InChI is InChI=1S/C14H27BrO2S/c1-14(2,3)13(15)9-8-11-6-5-7-12(10-11)18(4,16)17/h11-13H,5-10H2,1-4H3. The smallest absolute Gasteiger partial charge is 0.150 e. The fourth-order valence-corrected chi connectivity index (χ4v) is 4.19. The van der Waals surface area contributed by atoms with E-state index in [9.17, 15) is 8.42 Å². The van der Waals surface area contributed by atoms with E-state index in [1.54, 1.807) is 0 Å². The minimum Gasteiger partial charge on any atom is -0.229 e. The zero-order valence-electron chi connectivity index (χ0n) is 12.1. The van der Waals surface area contributed by atoms with Crippen molar-refractivity contribution in [1.82, 2.24) is 0 Å². The minimum atomic E-state index is -2.84. The zero-order chi connectivity index (χ0) is 14.0. The number of alkyl halides is 1. The van der Waals surface area contributed by atoms with Crippen LogP contribution in [0.25, 0.3) is 0 Å². The molecule has 0 radical (unpaired) electrons. The SMILES string of the molecule is CC(C)(C)C(Br)CCC1CCCC(S(C)(=O)=O)C1. The summed E-state index contributed by atoms with van der Waals surface area (Å²) in [6, 6.07) is 0. The van der Waals surface area contributed by atoms with Gasteiger partial charge in [0.2, 0.25) is 0 Å². The van der Waals surface area contributed by atoms with Crippen LogP contribution in [0.15, 0.2) is 0 Å². The maximum atomic E-state index is 11.6. The van der Waals surface area contributed by atoms with Gasteiger partial charge in [0.25, 0.3) is 0 Å². The molecule has 0 bridgehead atoms. The molecule has 0 aromatic carbocycles. The van der Waals surface area contributed by atoms with Gasteiger partial charge in [0.15, 0.2) is 0 Å². The number of rotatable bonds is 4. The van der Waals surface area contributed by atoms with Gasteiger partial charge in [-0.25, -0.2) is 8.42 Å². The number of sulfone groups is 1. The number of hydrogen-bond donors (Lipinski definition) is 0. The summed E-state index contributed by atoms with van der Waals surface area (Å²) in [6.07, 6.45) is 7.71. The molecule has 18 heavy (non-hydrogen) atoms. The molecule has 1 aliphatic rings.